The summed E-state index contributed by atoms with van der Waals surface area (Å²) >= 11 is 12.1. The van der Waals surface area contributed by atoms with Gasteiger partial charge in [0.1, 0.15) is 0 Å². The van der Waals surface area contributed by atoms with Gasteiger partial charge in [-0.1, -0.05) is 28.4 Å². The predicted molar refractivity (Wildman–Crippen MR) is 108 cm³/mol. The van der Waals surface area contributed by atoms with Crippen LogP contribution in [-0.2, 0) is 0 Å². The normalized spacial score (nSPS) is 16.7. The smallest absolute Gasteiger partial charge is 0.321 e. The van der Waals surface area contributed by atoms with Gasteiger partial charge >= 0.3 is 6.01 Å². The highest BCUT2D eigenvalue weighted by Crippen LogP contribution is 2.27. The molecule has 27 heavy (non-hydrogen) atoms. The van der Waals surface area contributed by atoms with Crippen molar-refractivity contribution in [3.8, 4) is 11.4 Å². The summed E-state index contributed by atoms with van der Waals surface area (Å²) < 4.78 is 5.31. The van der Waals surface area contributed by atoms with E-state index in [1.807, 2.05) is 13.1 Å². The Labute approximate surface area is 167 Å². The Morgan fingerprint density at radius 2 is 2.04 bits per heavy atom. The molecule has 4 rings (SSSR count). The maximum atomic E-state index is 6.03. The van der Waals surface area contributed by atoms with Crippen molar-refractivity contribution in [1.82, 2.24) is 15.1 Å². The number of nitrogens with zero attached hydrogens (tertiary/aromatic N) is 4. The van der Waals surface area contributed by atoms with Gasteiger partial charge in [-0.2, -0.15) is 4.98 Å². The van der Waals surface area contributed by atoms with Gasteiger partial charge in [0.2, 0.25) is 5.82 Å². The topological polar surface area (TPSA) is 67.1 Å². The van der Waals surface area contributed by atoms with E-state index in [1.54, 1.807) is 18.2 Å². The molecule has 1 saturated heterocycles. The third kappa shape index (κ3) is 4.34. The largest absolute Gasteiger partial charge is 0.371 e. The molecule has 0 saturated carbocycles. The van der Waals surface area contributed by atoms with Crippen molar-refractivity contribution in [2.45, 2.75) is 13.3 Å². The predicted octanol–water partition coefficient (Wildman–Crippen LogP) is 4.69. The van der Waals surface area contributed by atoms with Crippen molar-refractivity contribution in [3.05, 3.63) is 52.3 Å². The fraction of sp³-hybridized carbons (Fsp3) is 0.316. The fourth-order valence-corrected chi connectivity index (χ4v) is 3.81. The molecule has 1 atom stereocenters. The number of aryl methyl sites for hydroxylation is 1. The summed E-state index contributed by atoms with van der Waals surface area (Å²) in [4.78, 5) is 11.0. The second-order valence-electron chi connectivity index (χ2n) is 6.72. The summed E-state index contributed by atoms with van der Waals surface area (Å²) in [7, 11) is 0. The molecule has 1 fully saturated rings. The third-order valence-electron chi connectivity index (χ3n) is 4.62. The zero-order chi connectivity index (χ0) is 18.8. The SMILES string of the molecule is Cc1cc(N2CCC(CNc3nc(-c4cc(Cl)cc(Cl)c4)no3)C2)ccn1. The molecule has 0 radical (unpaired) electrons. The van der Waals surface area contributed by atoms with Crippen LogP contribution in [0.25, 0.3) is 11.4 Å². The molecule has 2 aromatic heterocycles. The van der Waals surface area contributed by atoms with Crippen LogP contribution in [0.3, 0.4) is 0 Å². The van der Waals surface area contributed by atoms with Crippen LogP contribution in [-0.4, -0.2) is 34.8 Å². The van der Waals surface area contributed by atoms with Gasteiger partial charge in [-0.05, 0) is 49.6 Å². The number of hydrogen-bond donors (Lipinski definition) is 1. The Hall–Kier alpha value is -2.31. The molecule has 0 spiro atoms. The van der Waals surface area contributed by atoms with Gasteiger partial charge in [0.05, 0.1) is 0 Å². The van der Waals surface area contributed by atoms with E-state index in [0.717, 1.165) is 37.3 Å². The van der Waals surface area contributed by atoms with E-state index in [4.69, 9.17) is 27.7 Å². The lowest BCUT2D eigenvalue weighted by molar-refractivity contribution is 0.428. The number of halogens is 2. The van der Waals surface area contributed by atoms with Crippen LogP contribution < -0.4 is 10.2 Å². The van der Waals surface area contributed by atoms with Gasteiger partial charge in [0.25, 0.3) is 0 Å². The van der Waals surface area contributed by atoms with Gasteiger partial charge in [-0.3, -0.25) is 4.98 Å². The van der Waals surface area contributed by atoms with E-state index in [2.05, 4.69) is 37.5 Å². The van der Waals surface area contributed by atoms with Crippen molar-refractivity contribution in [2.24, 2.45) is 5.92 Å². The van der Waals surface area contributed by atoms with Gasteiger partial charge in [0.15, 0.2) is 0 Å². The van der Waals surface area contributed by atoms with Gasteiger partial charge in [-0.25, -0.2) is 0 Å². The molecule has 1 N–H and O–H groups in total. The van der Waals surface area contributed by atoms with Crippen LogP contribution in [0.1, 0.15) is 12.1 Å². The van der Waals surface area contributed by atoms with Crippen LogP contribution in [0.4, 0.5) is 11.7 Å². The summed E-state index contributed by atoms with van der Waals surface area (Å²) in [5.74, 6) is 0.969. The number of nitrogens with one attached hydrogen (secondary N) is 1. The van der Waals surface area contributed by atoms with Crippen LogP contribution in [0, 0.1) is 12.8 Å². The van der Waals surface area contributed by atoms with Crippen LogP contribution in [0.15, 0.2) is 41.1 Å². The first-order valence-electron chi connectivity index (χ1n) is 8.78. The average molecular weight is 404 g/mol. The monoisotopic (exact) mass is 403 g/mol. The van der Waals surface area contributed by atoms with Crippen LogP contribution >= 0.6 is 23.2 Å². The first-order valence-corrected chi connectivity index (χ1v) is 9.54. The number of anilines is 2. The summed E-state index contributed by atoms with van der Waals surface area (Å²) in [6.45, 7) is 4.81. The Morgan fingerprint density at radius 3 is 2.81 bits per heavy atom. The molecule has 8 heteroatoms. The highest BCUT2D eigenvalue weighted by Gasteiger charge is 2.23. The van der Waals surface area contributed by atoms with E-state index in [-0.39, 0.29) is 0 Å². The highest BCUT2D eigenvalue weighted by molar-refractivity contribution is 6.35. The van der Waals surface area contributed by atoms with Gasteiger partial charge in [0, 0.05) is 52.8 Å². The molecule has 3 aromatic rings. The molecular formula is C19H19Cl2N5O. The van der Waals surface area contributed by atoms with E-state index < -0.39 is 0 Å². The minimum absolute atomic E-state index is 0.402. The van der Waals surface area contributed by atoms with Crippen molar-refractivity contribution in [3.63, 3.8) is 0 Å². The molecule has 1 aliphatic heterocycles. The van der Waals surface area contributed by atoms with Crippen molar-refractivity contribution >= 4 is 34.9 Å². The molecule has 0 bridgehead atoms. The van der Waals surface area contributed by atoms with Gasteiger partial charge < -0.3 is 14.7 Å². The Balaban J connectivity index is 1.35. The second-order valence-corrected chi connectivity index (χ2v) is 7.59. The highest BCUT2D eigenvalue weighted by atomic mass is 35.5. The average Bonchev–Trinajstić information content (AvgIpc) is 3.29. The number of aromatic nitrogens is 3. The zero-order valence-electron chi connectivity index (χ0n) is 14.8. The Kier molecular flexibility index (Phi) is 5.18. The van der Waals surface area contributed by atoms with E-state index in [9.17, 15) is 0 Å². The van der Waals surface area contributed by atoms with Crippen molar-refractivity contribution < 1.29 is 4.52 Å². The summed E-state index contributed by atoms with van der Waals surface area (Å²) in [5, 5.41) is 8.32. The lowest BCUT2D eigenvalue weighted by atomic mass is 10.1. The molecule has 3 heterocycles. The van der Waals surface area contributed by atoms with Crippen molar-refractivity contribution in [2.75, 3.05) is 29.9 Å². The van der Waals surface area contributed by atoms with E-state index in [1.165, 1.54) is 5.69 Å². The molecular weight excluding hydrogens is 385 g/mol. The Morgan fingerprint density at radius 1 is 1.22 bits per heavy atom. The summed E-state index contributed by atoms with van der Waals surface area (Å²) in [6, 6.07) is 9.77. The molecule has 6 nitrogen and oxygen atoms in total. The minimum atomic E-state index is 0.402. The number of pyridine rings is 1. The van der Waals surface area contributed by atoms with E-state index in [0.29, 0.717) is 27.8 Å². The molecule has 1 aliphatic rings. The van der Waals surface area contributed by atoms with E-state index >= 15 is 0 Å². The molecule has 1 unspecified atom stereocenters. The molecule has 0 amide bonds. The second kappa shape index (κ2) is 7.74. The Bertz CT molecular complexity index is 925. The van der Waals surface area contributed by atoms with Crippen molar-refractivity contribution in [1.29, 1.82) is 0 Å². The first kappa shape index (κ1) is 18.1. The molecule has 1 aromatic carbocycles. The fourth-order valence-electron chi connectivity index (χ4n) is 3.29. The number of rotatable bonds is 5. The zero-order valence-corrected chi connectivity index (χ0v) is 16.3. The third-order valence-corrected chi connectivity index (χ3v) is 5.06. The minimum Gasteiger partial charge on any atom is -0.371 e. The number of benzene rings is 1. The molecule has 140 valence electrons. The maximum Gasteiger partial charge on any atom is 0.321 e. The standard InChI is InChI=1S/C19H19Cl2N5O/c1-12-6-17(2-4-22-12)26-5-3-13(11-26)10-23-19-24-18(25-27-19)14-7-15(20)9-16(21)8-14/h2,4,6-9,13H,3,5,10-11H2,1H3,(H,23,24,25). The molecule has 0 aliphatic carbocycles. The lowest BCUT2D eigenvalue weighted by Gasteiger charge is -2.18. The van der Waals surface area contributed by atoms with Gasteiger partial charge in [-0.15, -0.1) is 0 Å². The van der Waals surface area contributed by atoms with Crippen LogP contribution in [0.2, 0.25) is 10.0 Å². The first-order chi connectivity index (χ1) is 13.1. The summed E-state index contributed by atoms with van der Waals surface area (Å²) in [5.41, 5.74) is 2.99. The van der Waals surface area contributed by atoms with Crippen LogP contribution in [0.5, 0.6) is 0 Å². The number of hydrogen-bond acceptors (Lipinski definition) is 6. The summed E-state index contributed by atoms with van der Waals surface area (Å²) in [6.07, 6.45) is 2.97. The quantitative estimate of drug-likeness (QED) is 0.666. The maximum absolute atomic E-state index is 6.03. The lowest BCUT2D eigenvalue weighted by Crippen LogP contribution is -2.22.